The molecule has 0 aliphatic carbocycles. The Kier molecular flexibility index (Phi) is 7.05. The van der Waals surface area contributed by atoms with Crippen molar-refractivity contribution in [2.45, 2.75) is 33.1 Å². The standard InChI is InChI=1S/C12H24NO3P/c1-3-15-17(14,16-4-2)11-5-6-12-7-9-13-10-8-12/h5,11-13H,3-4,6-10H2,1-2H3/b11-5+. The second kappa shape index (κ2) is 8.04. The van der Waals surface area contributed by atoms with Gasteiger partial charge in [-0.1, -0.05) is 6.08 Å². The normalized spacial score (nSPS) is 18.9. The first-order valence-electron chi connectivity index (χ1n) is 6.47. The van der Waals surface area contributed by atoms with Crippen molar-refractivity contribution in [1.82, 2.24) is 5.32 Å². The van der Waals surface area contributed by atoms with Crippen molar-refractivity contribution in [2.24, 2.45) is 5.92 Å². The van der Waals surface area contributed by atoms with E-state index in [4.69, 9.17) is 9.05 Å². The van der Waals surface area contributed by atoms with Gasteiger partial charge in [0.25, 0.3) is 0 Å². The van der Waals surface area contributed by atoms with Gasteiger partial charge in [-0.3, -0.25) is 4.57 Å². The van der Waals surface area contributed by atoms with Crippen LogP contribution in [0, 0.1) is 5.92 Å². The lowest BCUT2D eigenvalue weighted by Gasteiger charge is -2.21. The third-order valence-electron chi connectivity index (χ3n) is 2.83. The van der Waals surface area contributed by atoms with Crippen LogP contribution in [0.15, 0.2) is 11.9 Å². The van der Waals surface area contributed by atoms with Crippen molar-refractivity contribution >= 4 is 7.60 Å². The number of nitrogens with one attached hydrogen (secondary N) is 1. The molecular formula is C12H24NO3P. The summed E-state index contributed by atoms with van der Waals surface area (Å²) in [4.78, 5) is 0. The van der Waals surface area contributed by atoms with Crippen LogP contribution in [-0.2, 0) is 13.6 Å². The third kappa shape index (κ3) is 5.82. The molecule has 1 aliphatic heterocycles. The zero-order chi connectivity index (χ0) is 12.6. The quantitative estimate of drug-likeness (QED) is 0.715. The molecule has 1 rings (SSSR count). The monoisotopic (exact) mass is 261 g/mol. The predicted octanol–water partition coefficient (Wildman–Crippen LogP) is 3.16. The summed E-state index contributed by atoms with van der Waals surface area (Å²) in [5, 5.41) is 3.33. The van der Waals surface area contributed by atoms with Crippen LogP contribution in [0.4, 0.5) is 0 Å². The maximum atomic E-state index is 12.1. The fraction of sp³-hybridized carbons (Fsp3) is 0.833. The van der Waals surface area contributed by atoms with Gasteiger partial charge in [-0.05, 0) is 52.1 Å². The molecule has 0 atom stereocenters. The Balaban J connectivity index is 2.40. The SMILES string of the molecule is CCOP(=O)(/C=C/CC1CCNCC1)OCC. The van der Waals surface area contributed by atoms with Gasteiger partial charge in [0.1, 0.15) is 0 Å². The summed E-state index contributed by atoms with van der Waals surface area (Å²) < 4.78 is 22.5. The average Bonchev–Trinajstić information content (AvgIpc) is 2.31. The van der Waals surface area contributed by atoms with Crippen LogP contribution in [0.3, 0.4) is 0 Å². The molecule has 0 aromatic carbocycles. The molecule has 0 saturated carbocycles. The van der Waals surface area contributed by atoms with Gasteiger partial charge in [-0.15, -0.1) is 0 Å². The fourth-order valence-electron chi connectivity index (χ4n) is 1.98. The Bertz CT molecular complexity index is 265. The lowest BCUT2D eigenvalue weighted by atomic mass is 9.95. The van der Waals surface area contributed by atoms with Gasteiger partial charge in [0, 0.05) is 5.82 Å². The molecule has 0 aromatic rings. The molecule has 0 unspecified atom stereocenters. The lowest BCUT2D eigenvalue weighted by Crippen LogP contribution is -2.27. The highest BCUT2D eigenvalue weighted by atomic mass is 31.2. The molecule has 0 radical (unpaired) electrons. The van der Waals surface area contributed by atoms with Gasteiger partial charge in [-0.2, -0.15) is 0 Å². The minimum absolute atomic E-state index is 0.412. The molecule has 1 fully saturated rings. The molecule has 0 spiro atoms. The minimum atomic E-state index is -2.98. The Morgan fingerprint density at radius 2 is 1.82 bits per heavy atom. The largest absolute Gasteiger partial charge is 0.353 e. The Hall–Kier alpha value is -0.150. The molecule has 1 saturated heterocycles. The molecule has 0 aromatic heterocycles. The molecule has 0 bridgehead atoms. The van der Waals surface area contributed by atoms with Crippen LogP contribution in [0.2, 0.25) is 0 Å². The van der Waals surface area contributed by atoms with Crippen molar-refractivity contribution in [1.29, 1.82) is 0 Å². The number of hydrogen-bond donors (Lipinski definition) is 1. The molecule has 0 amide bonds. The third-order valence-corrected chi connectivity index (χ3v) is 4.65. The number of rotatable bonds is 7. The second-order valence-corrected chi connectivity index (χ2v) is 6.08. The van der Waals surface area contributed by atoms with Gasteiger partial charge < -0.3 is 14.4 Å². The maximum Gasteiger partial charge on any atom is 0.353 e. The van der Waals surface area contributed by atoms with E-state index in [1.54, 1.807) is 5.82 Å². The van der Waals surface area contributed by atoms with E-state index in [9.17, 15) is 4.57 Å². The molecule has 17 heavy (non-hydrogen) atoms. The van der Waals surface area contributed by atoms with Gasteiger partial charge >= 0.3 is 7.60 Å². The van der Waals surface area contributed by atoms with E-state index in [0.717, 1.165) is 19.5 Å². The number of hydrogen-bond acceptors (Lipinski definition) is 4. The minimum Gasteiger partial charge on any atom is -0.317 e. The summed E-state index contributed by atoms with van der Waals surface area (Å²) in [6, 6.07) is 0. The van der Waals surface area contributed by atoms with Crippen LogP contribution >= 0.6 is 7.60 Å². The summed E-state index contributed by atoms with van der Waals surface area (Å²) >= 11 is 0. The number of allylic oxidation sites excluding steroid dienone is 1. The zero-order valence-electron chi connectivity index (χ0n) is 10.9. The Morgan fingerprint density at radius 3 is 2.35 bits per heavy atom. The van der Waals surface area contributed by atoms with Crippen LogP contribution in [0.1, 0.15) is 33.1 Å². The predicted molar refractivity (Wildman–Crippen MR) is 70.2 cm³/mol. The average molecular weight is 261 g/mol. The number of piperidine rings is 1. The van der Waals surface area contributed by atoms with E-state index in [1.165, 1.54) is 12.8 Å². The Labute approximate surface area is 104 Å². The van der Waals surface area contributed by atoms with Gasteiger partial charge in [0.05, 0.1) is 13.2 Å². The van der Waals surface area contributed by atoms with Crippen LogP contribution in [0.25, 0.3) is 0 Å². The fourth-order valence-corrected chi connectivity index (χ4v) is 3.33. The summed E-state index contributed by atoms with van der Waals surface area (Å²) in [5.41, 5.74) is 0. The van der Waals surface area contributed by atoms with Gasteiger partial charge in [0.2, 0.25) is 0 Å². The van der Waals surface area contributed by atoms with Crippen molar-refractivity contribution in [3.05, 3.63) is 11.9 Å². The van der Waals surface area contributed by atoms with Gasteiger partial charge in [0.15, 0.2) is 0 Å². The molecule has 100 valence electrons. The zero-order valence-corrected chi connectivity index (χ0v) is 11.7. The first-order valence-corrected chi connectivity index (χ1v) is 8.08. The molecule has 1 heterocycles. The second-order valence-electron chi connectivity index (χ2n) is 4.19. The topological polar surface area (TPSA) is 47.6 Å². The maximum absolute atomic E-state index is 12.1. The van der Waals surface area contributed by atoms with Crippen LogP contribution in [0.5, 0.6) is 0 Å². The van der Waals surface area contributed by atoms with E-state index in [-0.39, 0.29) is 0 Å². The first kappa shape index (κ1) is 14.9. The highest BCUT2D eigenvalue weighted by Crippen LogP contribution is 2.49. The van der Waals surface area contributed by atoms with Crippen LogP contribution < -0.4 is 5.32 Å². The summed E-state index contributed by atoms with van der Waals surface area (Å²) in [5.74, 6) is 2.33. The molecule has 1 N–H and O–H groups in total. The van der Waals surface area contributed by atoms with Crippen LogP contribution in [-0.4, -0.2) is 26.3 Å². The molecular weight excluding hydrogens is 237 g/mol. The van der Waals surface area contributed by atoms with Crippen molar-refractivity contribution in [3.8, 4) is 0 Å². The van der Waals surface area contributed by atoms with Crippen molar-refractivity contribution in [3.63, 3.8) is 0 Å². The highest BCUT2D eigenvalue weighted by molar-refractivity contribution is 7.57. The van der Waals surface area contributed by atoms with E-state index in [1.807, 2.05) is 19.9 Å². The lowest BCUT2D eigenvalue weighted by molar-refractivity contribution is 0.228. The van der Waals surface area contributed by atoms with E-state index in [2.05, 4.69) is 5.32 Å². The highest BCUT2D eigenvalue weighted by Gasteiger charge is 2.19. The molecule has 4 nitrogen and oxygen atoms in total. The molecule has 1 aliphatic rings. The van der Waals surface area contributed by atoms with Crippen molar-refractivity contribution < 1.29 is 13.6 Å². The summed E-state index contributed by atoms with van der Waals surface area (Å²) in [6.45, 7) is 6.66. The van der Waals surface area contributed by atoms with E-state index in [0.29, 0.717) is 19.1 Å². The smallest absolute Gasteiger partial charge is 0.317 e. The first-order chi connectivity index (χ1) is 8.20. The summed E-state index contributed by atoms with van der Waals surface area (Å²) in [7, 11) is -2.98. The van der Waals surface area contributed by atoms with E-state index >= 15 is 0 Å². The Morgan fingerprint density at radius 1 is 1.24 bits per heavy atom. The summed E-state index contributed by atoms with van der Waals surface area (Å²) in [6.07, 6.45) is 5.31. The van der Waals surface area contributed by atoms with E-state index < -0.39 is 7.60 Å². The van der Waals surface area contributed by atoms with Crippen molar-refractivity contribution in [2.75, 3.05) is 26.3 Å². The van der Waals surface area contributed by atoms with Gasteiger partial charge in [-0.25, -0.2) is 0 Å². The molecule has 5 heteroatoms.